The summed E-state index contributed by atoms with van der Waals surface area (Å²) in [6.45, 7) is 5.89. The Hall–Kier alpha value is -2.13. The monoisotopic (exact) mass is 268 g/mol. The highest BCUT2D eigenvalue weighted by Crippen LogP contribution is 2.17. The molecule has 0 saturated heterocycles. The summed E-state index contributed by atoms with van der Waals surface area (Å²) in [5, 5.41) is 2.91. The van der Waals surface area contributed by atoms with Crippen LogP contribution in [-0.2, 0) is 0 Å². The van der Waals surface area contributed by atoms with Crippen LogP contribution in [0.4, 0.5) is 5.69 Å². The highest BCUT2D eigenvalue weighted by Gasteiger charge is 2.08. The van der Waals surface area contributed by atoms with Gasteiger partial charge in [-0.3, -0.25) is 4.79 Å². The van der Waals surface area contributed by atoms with Gasteiger partial charge in [0, 0.05) is 17.3 Å². The third-order valence-corrected chi connectivity index (χ3v) is 3.15. The lowest BCUT2D eigenvalue weighted by Gasteiger charge is -2.10. The largest absolute Gasteiger partial charge is 0.324 e. The third-order valence-electron chi connectivity index (χ3n) is 3.15. The molecule has 2 aromatic rings. The standard InChI is InChI=1S/C17H20N2O/c1-11-7-12(2)9-15(8-11)17(20)19-16-6-4-5-14(10-16)13(3)18/h4-10,13H,18H2,1-3H3,(H,19,20). The minimum absolute atomic E-state index is 0.0481. The van der Waals surface area contributed by atoms with Crippen LogP contribution in [-0.4, -0.2) is 5.91 Å². The second-order valence-corrected chi connectivity index (χ2v) is 5.24. The quantitative estimate of drug-likeness (QED) is 0.894. The number of carbonyl (C=O) groups is 1. The Bertz CT molecular complexity index is 612. The summed E-state index contributed by atoms with van der Waals surface area (Å²) in [5.41, 5.74) is 10.5. The Morgan fingerprint density at radius 3 is 2.35 bits per heavy atom. The molecule has 0 saturated carbocycles. The van der Waals surface area contributed by atoms with E-state index in [-0.39, 0.29) is 11.9 Å². The molecule has 0 aliphatic carbocycles. The van der Waals surface area contributed by atoms with Gasteiger partial charge in [-0.15, -0.1) is 0 Å². The topological polar surface area (TPSA) is 55.1 Å². The van der Waals surface area contributed by atoms with Crippen molar-refractivity contribution in [2.45, 2.75) is 26.8 Å². The van der Waals surface area contributed by atoms with E-state index >= 15 is 0 Å². The smallest absolute Gasteiger partial charge is 0.255 e. The minimum atomic E-state index is -0.0985. The van der Waals surface area contributed by atoms with Crippen LogP contribution in [0.25, 0.3) is 0 Å². The van der Waals surface area contributed by atoms with Crippen LogP contribution in [0.2, 0.25) is 0 Å². The van der Waals surface area contributed by atoms with Gasteiger partial charge in [-0.25, -0.2) is 0 Å². The maximum atomic E-state index is 12.3. The number of amides is 1. The zero-order valence-electron chi connectivity index (χ0n) is 12.1. The second-order valence-electron chi connectivity index (χ2n) is 5.24. The first-order valence-electron chi connectivity index (χ1n) is 6.71. The minimum Gasteiger partial charge on any atom is -0.324 e. The van der Waals surface area contributed by atoms with E-state index in [1.807, 2.05) is 63.2 Å². The average molecular weight is 268 g/mol. The molecule has 3 nitrogen and oxygen atoms in total. The first-order chi connectivity index (χ1) is 9.45. The Morgan fingerprint density at radius 1 is 1.10 bits per heavy atom. The lowest BCUT2D eigenvalue weighted by atomic mass is 10.1. The Balaban J connectivity index is 2.21. The van der Waals surface area contributed by atoms with Crippen molar-refractivity contribution in [1.82, 2.24) is 0 Å². The molecule has 0 radical (unpaired) electrons. The summed E-state index contributed by atoms with van der Waals surface area (Å²) >= 11 is 0. The maximum Gasteiger partial charge on any atom is 0.255 e. The van der Waals surface area contributed by atoms with E-state index in [1.54, 1.807) is 0 Å². The van der Waals surface area contributed by atoms with Crippen LogP contribution in [0.5, 0.6) is 0 Å². The number of benzene rings is 2. The van der Waals surface area contributed by atoms with E-state index in [0.717, 1.165) is 22.4 Å². The number of anilines is 1. The van der Waals surface area contributed by atoms with Crippen molar-refractivity contribution in [3.8, 4) is 0 Å². The van der Waals surface area contributed by atoms with Crippen molar-refractivity contribution in [2.75, 3.05) is 5.32 Å². The van der Waals surface area contributed by atoms with Gasteiger partial charge in [0.05, 0.1) is 0 Å². The molecule has 2 rings (SSSR count). The van der Waals surface area contributed by atoms with Crippen LogP contribution >= 0.6 is 0 Å². The number of hydrogen-bond acceptors (Lipinski definition) is 2. The Morgan fingerprint density at radius 2 is 1.75 bits per heavy atom. The molecule has 20 heavy (non-hydrogen) atoms. The summed E-state index contributed by atoms with van der Waals surface area (Å²) in [7, 11) is 0. The van der Waals surface area contributed by atoms with E-state index in [2.05, 4.69) is 5.32 Å². The van der Waals surface area contributed by atoms with E-state index in [0.29, 0.717) is 5.56 Å². The molecule has 1 amide bonds. The fourth-order valence-electron chi connectivity index (χ4n) is 2.21. The van der Waals surface area contributed by atoms with Crippen molar-refractivity contribution in [3.05, 3.63) is 64.7 Å². The lowest BCUT2D eigenvalue weighted by molar-refractivity contribution is 0.102. The van der Waals surface area contributed by atoms with Gasteiger partial charge in [0.2, 0.25) is 0 Å². The second kappa shape index (κ2) is 5.88. The molecule has 0 bridgehead atoms. The summed E-state index contributed by atoms with van der Waals surface area (Å²) in [4.78, 5) is 12.3. The highest BCUT2D eigenvalue weighted by molar-refractivity contribution is 6.04. The molecule has 3 heteroatoms. The molecular formula is C17H20N2O. The first-order valence-corrected chi connectivity index (χ1v) is 6.71. The summed E-state index contributed by atoms with van der Waals surface area (Å²) in [5.74, 6) is -0.0985. The van der Waals surface area contributed by atoms with Gasteiger partial charge >= 0.3 is 0 Å². The van der Waals surface area contributed by atoms with Crippen LogP contribution in [0.3, 0.4) is 0 Å². The zero-order chi connectivity index (χ0) is 14.7. The van der Waals surface area contributed by atoms with Crippen molar-refractivity contribution in [1.29, 1.82) is 0 Å². The predicted octanol–water partition coefficient (Wildman–Crippen LogP) is 3.58. The predicted molar refractivity (Wildman–Crippen MR) is 82.9 cm³/mol. The molecule has 0 aromatic heterocycles. The summed E-state index contributed by atoms with van der Waals surface area (Å²) in [6.07, 6.45) is 0. The molecule has 0 aliphatic heterocycles. The zero-order valence-corrected chi connectivity index (χ0v) is 12.1. The first kappa shape index (κ1) is 14.3. The average Bonchev–Trinajstić information content (AvgIpc) is 2.37. The number of rotatable bonds is 3. The van der Waals surface area contributed by atoms with E-state index < -0.39 is 0 Å². The van der Waals surface area contributed by atoms with Gasteiger partial charge in [-0.2, -0.15) is 0 Å². The third kappa shape index (κ3) is 3.45. The molecule has 3 N–H and O–H groups in total. The fourth-order valence-corrected chi connectivity index (χ4v) is 2.21. The van der Waals surface area contributed by atoms with Crippen LogP contribution in [0.15, 0.2) is 42.5 Å². The number of nitrogens with two attached hydrogens (primary N) is 1. The molecule has 0 spiro atoms. The Kier molecular flexibility index (Phi) is 4.20. The number of hydrogen-bond donors (Lipinski definition) is 2. The normalized spacial score (nSPS) is 12.0. The summed E-state index contributed by atoms with van der Waals surface area (Å²) < 4.78 is 0. The van der Waals surface area contributed by atoms with Crippen LogP contribution < -0.4 is 11.1 Å². The van der Waals surface area contributed by atoms with Crippen molar-refractivity contribution in [2.24, 2.45) is 5.73 Å². The molecule has 0 aliphatic rings. The Labute approximate surface area is 119 Å². The van der Waals surface area contributed by atoms with Gasteiger partial charge in [-0.05, 0) is 50.6 Å². The number of nitrogens with one attached hydrogen (secondary N) is 1. The molecule has 2 aromatic carbocycles. The van der Waals surface area contributed by atoms with Gasteiger partial charge < -0.3 is 11.1 Å². The molecule has 1 unspecified atom stereocenters. The van der Waals surface area contributed by atoms with Crippen LogP contribution in [0.1, 0.15) is 40.0 Å². The molecule has 1 atom stereocenters. The number of aryl methyl sites for hydroxylation is 2. The summed E-state index contributed by atoms with van der Waals surface area (Å²) in [6, 6.07) is 13.4. The van der Waals surface area contributed by atoms with Crippen molar-refractivity contribution in [3.63, 3.8) is 0 Å². The molecule has 0 fully saturated rings. The van der Waals surface area contributed by atoms with Gasteiger partial charge in [0.15, 0.2) is 0 Å². The van der Waals surface area contributed by atoms with E-state index in [9.17, 15) is 4.79 Å². The van der Waals surface area contributed by atoms with Gasteiger partial charge in [0.1, 0.15) is 0 Å². The van der Waals surface area contributed by atoms with Gasteiger partial charge in [0.25, 0.3) is 5.91 Å². The van der Waals surface area contributed by atoms with E-state index in [4.69, 9.17) is 5.73 Å². The van der Waals surface area contributed by atoms with Crippen molar-refractivity contribution < 1.29 is 4.79 Å². The number of carbonyl (C=O) groups excluding carboxylic acids is 1. The molecule has 0 heterocycles. The fraction of sp³-hybridized carbons (Fsp3) is 0.235. The van der Waals surface area contributed by atoms with Crippen molar-refractivity contribution >= 4 is 11.6 Å². The van der Waals surface area contributed by atoms with Crippen LogP contribution in [0, 0.1) is 13.8 Å². The van der Waals surface area contributed by atoms with Gasteiger partial charge in [-0.1, -0.05) is 29.3 Å². The molecular weight excluding hydrogens is 248 g/mol. The SMILES string of the molecule is Cc1cc(C)cc(C(=O)Nc2cccc(C(C)N)c2)c1. The lowest BCUT2D eigenvalue weighted by Crippen LogP contribution is -2.13. The molecule has 104 valence electrons. The van der Waals surface area contributed by atoms with E-state index in [1.165, 1.54) is 0 Å². The maximum absolute atomic E-state index is 12.3. The highest BCUT2D eigenvalue weighted by atomic mass is 16.1.